The van der Waals surface area contributed by atoms with Crippen LogP contribution >= 0.6 is 0 Å². The fourth-order valence-corrected chi connectivity index (χ4v) is 1.11. The summed E-state index contributed by atoms with van der Waals surface area (Å²) in [6.45, 7) is 6.29. The van der Waals surface area contributed by atoms with E-state index in [1.807, 2.05) is 5.01 Å². The lowest BCUT2D eigenvalue weighted by molar-refractivity contribution is 0.301. The van der Waals surface area contributed by atoms with Crippen molar-refractivity contribution < 1.29 is 0 Å². The summed E-state index contributed by atoms with van der Waals surface area (Å²) in [5, 5.41) is 6.23. The van der Waals surface area contributed by atoms with E-state index in [0.717, 1.165) is 25.3 Å². The van der Waals surface area contributed by atoms with Gasteiger partial charge in [0.2, 0.25) is 0 Å². The third kappa shape index (κ3) is 1.40. The second-order valence-electron chi connectivity index (χ2n) is 2.84. The average molecular weight is 141 g/mol. The molecule has 0 saturated heterocycles. The summed E-state index contributed by atoms with van der Waals surface area (Å²) in [4.78, 5) is 0. The minimum absolute atomic E-state index is 0.451. The van der Waals surface area contributed by atoms with Crippen LogP contribution in [0.4, 0.5) is 0 Å². The Labute approximate surface area is 61.9 Å². The molecule has 58 valence electrons. The molecule has 1 aliphatic rings. The van der Waals surface area contributed by atoms with Crippen LogP contribution in [0.1, 0.15) is 20.3 Å². The molecule has 0 bridgehead atoms. The normalized spacial score (nSPS) is 25.2. The van der Waals surface area contributed by atoms with Crippen LogP contribution in [0.2, 0.25) is 0 Å². The van der Waals surface area contributed by atoms with Gasteiger partial charge < -0.3 is 5.73 Å². The van der Waals surface area contributed by atoms with Crippen molar-refractivity contribution in [2.45, 2.75) is 20.3 Å². The molecule has 1 heterocycles. The van der Waals surface area contributed by atoms with Gasteiger partial charge in [-0.2, -0.15) is 5.10 Å². The number of rotatable bonds is 2. The predicted molar refractivity (Wildman–Crippen MR) is 42.7 cm³/mol. The van der Waals surface area contributed by atoms with Crippen LogP contribution < -0.4 is 5.73 Å². The first-order valence-corrected chi connectivity index (χ1v) is 3.83. The Morgan fingerprint density at radius 2 is 2.50 bits per heavy atom. The molecule has 0 aromatic rings. The topological polar surface area (TPSA) is 41.6 Å². The first kappa shape index (κ1) is 7.38. The molecule has 0 radical (unpaired) electrons. The lowest BCUT2D eigenvalue weighted by atomic mass is 10.2. The Hall–Kier alpha value is -0.730. The van der Waals surface area contributed by atoms with E-state index in [1.165, 1.54) is 0 Å². The smallest absolute Gasteiger partial charge is 0.124 e. The molecule has 0 aromatic heterocycles. The first-order chi connectivity index (χ1) is 4.74. The van der Waals surface area contributed by atoms with Gasteiger partial charge in [0, 0.05) is 19.0 Å². The van der Waals surface area contributed by atoms with Crippen LogP contribution in [0.25, 0.3) is 0 Å². The van der Waals surface area contributed by atoms with Gasteiger partial charge in [-0.25, -0.2) is 0 Å². The fourth-order valence-electron chi connectivity index (χ4n) is 1.11. The molecule has 1 aliphatic heterocycles. The Kier molecular flexibility index (Phi) is 2.14. The number of nitrogens with zero attached hydrogens (tertiary/aromatic N) is 2. The van der Waals surface area contributed by atoms with Crippen molar-refractivity contribution in [3.63, 3.8) is 0 Å². The van der Waals surface area contributed by atoms with Crippen molar-refractivity contribution in [2.24, 2.45) is 16.8 Å². The second-order valence-corrected chi connectivity index (χ2v) is 2.84. The zero-order chi connectivity index (χ0) is 7.56. The van der Waals surface area contributed by atoms with Gasteiger partial charge >= 0.3 is 0 Å². The van der Waals surface area contributed by atoms with Crippen LogP contribution in [0.15, 0.2) is 5.10 Å². The summed E-state index contributed by atoms with van der Waals surface area (Å²) >= 11 is 0. The Morgan fingerprint density at radius 1 is 1.80 bits per heavy atom. The summed E-state index contributed by atoms with van der Waals surface area (Å²) in [5.41, 5.74) is 5.61. The zero-order valence-electron chi connectivity index (χ0n) is 6.67. The van der Waals surface area contributed by atoms with Crippen molar-refractivity contribution in [2.75, 3.05) is 13.1 Å². The maximum atomic E-state index is 5.61. The molecular weight excluding hydrogens is 126 g/mol. The van der Waals surface area contributed by atoms with E-state index in [1.54, 1.807) is 0 Å². The molecule has 3 heteroatoms. The van der Waals surface area contributed by atoms with Crippen LogP contribution in [0, 0.1) is 5.92 Å². The Balaban J connectivity index is 2.40. The minimum Gasteiger partial charge on any atom is -0.385 e. The van der Waals surface area contributed by atoms with Crippen molar-refractivity contribution in [3.8, 4) is 0 Å². The lowest BCUT2D eigenvalue weighted by Gasteiger charge is -2.11. The molecule has 2 N–H and O–H groups in total. The summed E-state index contributed by atoms with van der Waals surface area (Å²) < 4.78 is 0. The van der Waals surface area contributed by atoms with Crippen molar-refractivity contribution in [1.82, 2.24) is 5.01 Å². The summed E-state index contributed by atoms with van der Waals surface area (Å²) in [6.07, 6.45) is 1.14. The van der Waals surface area contributed by atoms with Crippen LogP contribution in [0.3, 0.4) is 0 Å². The molecular formula is C7H15N3. The van der Waals surface area contributed by atoms with E-state index in [2.05, 4.69) is 18.9 Å². The Morgan fingerprint density at radius 3 is 2.90 bits per heavy atom. The van der Waals surface area contributed by atoms with Crippen LogP contribution in [-0.2, 0) is 0 Å². The Bertz CT molecular complexity index is 142. The average Bonchev–Trinajstić information content (AvgIpc) is 2.14. The fraction of sp³-hybridized carbons (Fsp3) is 0.857. The van der Waals surface area contributed by atoms with E-state index in [9.17, 15) is 0 Å². The molecule has 0 aliphatic carbocycles. The molecule has 3 nitrogen and oxygen atoms in total. The van der Waals surface area contributed by atoms with Crippen molar-refractivity contribution in [1.29, 1.82) is 0 Å². The maximum absolute atomic E-state index is 5.61. The molecule has 1 rings (SSSR count). The van der Waals surface area contributed by atoms with E-state index in [4.69, 9.17) is 5.73 Å². The lowest BCUT2D eigenvalue weighted by Crippen LogP contribution is -2.20. The third-order valence-electron chi connectivity index (χ3n) is 1.73. The van der Waals surface area contributed by atoms with E-state index < -0.39 is 0 Å². The molecule has 1 unspecified atom stereocenters. The highest BCUT2D eigenvalue weighted by Gasteiger charge is 2.18. The van der Waals surface area contributed by atoms with Crippen LogP contribution in [-0.4, -0.2) is 23.9 Å². The predicted octanol–water partition coefficient (Wildman–Crippen LogP) is 0.620. The van der Waals surface area contributed by atoms with Gasteiger partial charge in [0.05, 0.1) is 0 Å². The van der Waals surface area contributed by atoms with Gasteiger partial charge in [0.15, 0.2) is 0 Å². The monoisotopic (exact) mass is 141 g/mol. The largest absolute Gasteiger partial charge is 0.385 e. The van der Waals surface area contributed by atoms with E-state index in [0.29, 0.717) is 5.92 Å². The van der Waals surface area contributed by atoms with E-state index >= 15 is 0 Å². The summed E-state index contributed by atoms with van der Waals surface area (Å²) in [6, 6.07) is 0. The number of nitrogens with two attached hydrogens (primary N) is 1. The SMILES string of the molecule is CCCN1CC(C)C(N)=N1. The molecule has 0 amide bonds. The first-order valence-electron chi connectivity index (χ1n) is 3.83. The summed E-state index contributed by atoms with van der Waals surface area (Å²) in [7, 11) is 0. The highest BCUT2D eigenvalue weighted by atomic mass is 15.5. The highest BCUT2D eigenvalue weighted by Crippen LogP contribution is 2.09. The number of hydrogen-bond donors (Lipinski definition) is 1. The molecule has 0 aromatic carbocycles. The van der Waals surface area contributed by atoms with Gasteiger partial charge in [-0.3, -0.25) is 5.01 Å². The van der Waals surface area contributed by atoms with Gasteiger partial charge in [-0.05, 0) is 6.42 Å². The zero-order valence-corrected chi connectivity index (χ0v) is 6.67. The van der Waals surface area contributed by atoms with Crippen molar-refractivity contribution >= 4 is 5.84 Å². The maximum Gasteiger partial charge on any atom is 0.124 e. The second kappa shape index (κ2) is 2.90. The highest BCUT2D eigenvalue weighted by molar-refractivity contribution is 5.83. The number of amidine groups is 1. The van der Waals surface area contributed by atoms with Gasteiger partial charge in [-0.1, -0.05) is 13.8 Å². The minimum atomic E-state index is 0.451. The van der Waals surface area contributed by atoms with Crippen LogP contribution in [0.5, 0.6) is 0 Å². The molecule has 0 saturated carbocycles. The van der Waals surface area contributed by atoms with Gasteiger partial charge in [0.1, 0.15) is 5.84 Å². The number of hydrogen-bond acceptors (Lipinski definition) is 3. The molecule has 0 spiro atoms. The van der Waals surface area contributed by atoms with E-state index in [-0.39, 0.29) is 0 Å². The molecule has 10 heavy (non-hydrogen) atoms. The van der Waals surface area contributed by atoms with Gasteiger partial charge in [0.25, 0.3) is 0 Å². The third-order valence-corrected chi connectivity index (χ3v) is 1.73. The standard InChI is InChI=1S/C7H15N3/c1-3-4-10-5-6(2)7(8)9-10/h6H,3-5H2,1-2H3,(H2,8,9). The molecule has 1 atom stereocenters. The van der Waals surface area contributed by atoms with Crippen molar-refractivity contribution in [3.05, 3.63) is 0 Å². The molecule has 0 fully saturated rings. The summed E-state index contributed by atoms with van der Waals surface area (Å²) in [5.74, 6) is 1.24. The number of hydrazone groups is 1. The van der Waals surface area contributed by atoms with Gasteiger partial charge in [-0.15, -0.1) is 0 Å². The quantitative estimate of drug-likeness (QED) is 0.612.